The molecule has 0 saturated heterocycles. The molecule has 0 radical (unpaired) electrons. The minimum atomic E-state index is -0.954. The number of halogens is 3. The molecule has 0 aromatic heterocycles. The zero-order chi connectivity index (χ0) is 12.4. The molecule has 1 atom stereocenters. The fraction of sp³-hybridized carbons (Fsp3) is 0.364. The third-order valence-electron chi connectivity index (χ3n) is 2.29. The predicted octanol–water partition coefficient (Wildman–Crippen LogP) is 3.25. The van der Waals surface area contributed by atoms with Crippen molar-refractivity contribution in [3.05, 3.63) is 29.6 Å². The second-order valence-electron chi connectivity index (χ2n) is 3.93. The molecule has 6 heteroatoms. The highest BCUT2D eigenvalue weighted by Gasteiger charge is 2.16. The predicted molar refractivity (Wildman–Crippen MR) is 63.9 cm³/mol. The molecule has 0 spiro atoms. The Bertz CT molecular complexity index is 439. The van der Waals surface area contributed by atoms with Crippen LogP contribution in [-0.4, -0.2) is 17.5 Å². The number of rotatable bonds is 1. The molecule has 2 rings (SSSR count). The van der Waals surface area contributed by atoms with Crippen molar-refractivity contribution >= 4 is 22.6 Å². The van der Waals surface area contributed by atoms with Crippen molar-refractivity contribution in [3.8, 4) is 0 Å². The zero-order valence-electron chi connectivity index (χ0n) is 9.14. The molecule has 1 aromatic rings. The zero-order valence-corrected chi connectivity index (χ0v) is 9.95. The van der Waals surface area contributed by atoms with E-state index >= 15 is 0 Å². The van der Waals surface area contributed by atoms with Crippen molar-refractivity contribution < 1.29 is 13.2 Å². The largest absolute Gasteiger partial charge is 0.330 e. The molecule has 1 N–H and O–H groups in total. The number of amidine groups is 1. The molecule has 1 aliphatic rings. The summed E-state index contributed by atoms with van der Waals surface area (Å²) in [6, 6.07) is 1.28. The average Bonchev–Trinajstić information content (AvgIpc) is 2.26. The first-order valence-electron chi connectivity index (χ1n) is 5.15. The van der Waals surface area contributed by atoms with Crippen LogP contribution in [0.4, 0.5) is 18.9 Å². The molecule has 0 amide bonds. The van der Waals surface area contributed by atoms with Crippen LogP contribution in [0.1, 0.15) is 6.92 Å². The molecule has 0 bridgehead atoms. The second kappa shape index (κ2) is 5.00. The Balaban J connectivity index is 2.19. The summed E-state index contributed by atoms with van der Waals surface area (Å²) in [7, 11) is 0. The van der Waals surface area contributed by atoms with Gasteiger partial charge >= 0.3 is 0 Å². The van der Waals surface area contributed by atoms with Gasteiger partial charge in [-0.3, -0.25) is 4.99 Å². The average molecular weight is 260 g/mol. The van der Waals surface area contributed by atoms with E-state index in [1.54, 1.807) is 0 Å². The molecule has 0 saturated carbocycles. The lowest BCUT2D eigenvalue weighted by Crippen LogP contribution is -2.20. The number of hydrogen-bond acceptors (Lipinski definition) is 3. The van der Waals surface area contributed by atoms with E-state index in [0.717, 1.165) is 5.75 Å². The van der Waals surface area contributed by atoms with Gasteiger partial charge in [-0.2, -0.15) is 0 Å². The highest BCUT2D eigenvalue weighted by atomic mass is 32.2. The molecular formula is C11H11F3N2S. The van der Waals surface area contributed by atoms with Crippen LogP contribution in [0.25, 0.3) is 0 Å². The fourth-order valence-corrected chi connectivity index (χ4v) is 2.29. The summed E-state index contributed by atoms with van der Waals surface area (Å²) < 4.78 is 39.4. The van der Waals surface area contributed by atoms with Crippen LogP contribution in [0.3, 0.4) is 0 Å². The molecule has 1 heterocycles. The van der Waals surface area contributed by atoms with E-state index in [4.69, 9.17) is 0 Å². The number of hydrogen-bond donors (Lipinski definition) is 1. The van der Waals surface area contributed by atoms with Crippen LogP contribution in [0.5, 0.6) is 0 Å². The number of thioether (sulfide) groups is 1. The van der Waals surface area contributed by atoms with Gasteiger partial charge in [-0.05, 0) is 5.92 Å². The van der Waals surface area contributed by atoms with Crippen LogP contribution in [0, 0.1) is 23.4 Å². The third kappa shape index (κ3) is 2.94. The van der Waals surface area contributed by atoms with Crippen molar-refractivity contribution in [3.63, 3.8) is 0 Å². The van der Waals surface area contributed by atoms with Gasteiger partial charge in [0.05, 0.1) is 0 Å². The summed E-state index contributed by atoms with van der Waals surface area (Å²) in [6.07, 6.45) is 0. The van der Waals surface area contributed by atoms with Gasteiger partial charge < -0.3 is 5.32 Å². The third-order valence-corrected chi connectivity index (χ3v) is 3.53. The van der Waals surface area contributed by atoms with Gasteiger partial charge in [0.1, 0.15) is 11.5 Å². The molecular weight excluding hydrogens is 249 g/mol. The Morgan fingerprint density at radius 2 is 1.94 bits per heavy atom. The first-order chi connectivity index (χ1) is 8.06. The van der Waals surface area contributed by atoms with Crippen molar-refractivity contribution in [2.45, 2.75) is 6.92 Å². The summed E-state index contributed by atoms with van der Waals surface area (Å²) in [5, 5.41) is 3.03. The number of anilines is 1. The minimum absolute atomic E-state index is 0.354. The van der Waals surface area contributed by atoms with E-state index in [1.165, 1.54) is 11.8 Å². The fourth-order valence-electron chi connectivity index (χ4n) is 1.40. The highest BCUT2D eigenvalue weighted by molar-refractivity contribution is 8.14. The van der Waals surface area contributed by atoms with Gasteiger partial charge in [0.25, 0.3) is 0 Å². The maximum atomic E-state index is 13.3. The summed E-state index contributed by atoms with van der Waals surface area (Å²) in [5.41, 5.74) is -0.354. The van der Waals surface area contributed by atoms with Crippen LogP contribution < -0.4 is 5.32 Å². The van der Waals surface area contributed by atoms with E-state index in [1.807, 2.05) is 6.92 Å². The van der Waals surface area contributed by atoms with Crippen LogP contribution >= 0.6 is 11.8 Å². The van der Waals surface area contributed by atoms with Crippen molar-refractivity contribution in [1.82, 2.24) is 0 Å². The lowest BCUT2D eigenvalue weighted by molar-refractivity contribution is 0.549. The summed E-state index contributed by atoms with van der Waals surface area (Å²) >= 11 is 1.40. The Labute approximate surface area is 101 Å². The second-order valence-corrected chi connectivity index (χ2v) is 4.94. The van der Waals surface area contributed by atoms with Crippen molar-refractivity contribution in [1.29, 1.82) is 0 Å². The smallest absolute Gasteiger partial charge is 0.161 e. The monoisotopic (exact) mass is 260 g/mol. The van der Waals surface area contributed by atoms with Gasteiger partial charge in [0.15, 0.2) is 16.8 Å². The minimum Gasteiger partial charge on any atom is -0.330 e. The molecule has 17 heavy (non-hydrogen) atoms. The molecule has 1 unspecified atom stereocenters. The standard InChI is InChI=1S/C11H11F3N2S/c1-6-4-15-11(17-5-6)16-10-8(13)2-7(12)3-9(10)14/h2-3,6H,4-5H2,1H3,(H,15,16). The lowest BCUT2D eigenvalue weighted by atomic mass is 10.2. The van der Waals surface area contributed by atoms with E-state index in [9.17, 15) is 13.2 Å². The molecule has 1 aliphatic heterocycles. The quantitative estimate of drug-likeness (QED) is 0.838. The summed E-state index contributed by atoms with van der Waals surface area (Å²) in [4.78, 5) is 4.15. The first-order valence-corrected chi connectivity index (χ1v) is 6.13. The van der Waals surface area contributed by atoms with Crippen LogP contribution in [-0.2, 0) is 0 Å². The Morgan fingerprint density at radius 3 is 2.47 bits per heavy atom. The Kier molecular flexibility index (Phi) is 3.61. The Hall–Kier alpha value is -1.17. The number of aliphatic imine (C=N–C) groups is 1. The summed E-state index contributed by atoms with van der Waals surface area (Å²) in [5.74, 6) is -1.55. The SMILES string of the molecule is CC1CN=C(Nc2c(F)cc(F)cc2F)SC1. The number of nitrogens with zero attached hydrogens (tertiary/aromatic N) is 1. The van der Waals surface area contributed by atoms with E-state index in [2.05, 4.69) is 10.3 Å². The van der Waals surface area contributed by atoms with Gasteiger partial charge in [-0.25, -0.2) is 13.2 Å². The van der Waals surface area contributed by atoms with E-state index < -0.39 is 17.5 Å². The van der Waals surface area contributed by atoms with Crippen molar-refractivity contribution in [2.24, 2.45) is 10.9 Å². The topological polar surface area (TPSA) is 24.4 Å². The van der Waals surface area contributed by atoms with Crippen LogP contribution in [0.15, 0.2) is 17.1 Å². The number of benzene rings is 1. The molecule has 0 fully saturated rings. The normalized spacial score (nSPS) is 20.0. The van der Waals surface area contributed by atoms with Crippen molar-refractivity contribution in [2.75, 3.05) is 17.6 Å². The lowest BCUT2D eigenvalue weighted by Gasteiger charge is -2.18. The first kappa shape index (κ1) is 12.3. The van der Waals surface area contributed by atoms with Gasteiger partial charge in [-0.15, -0.1) is 0 Å². The van der Waals surface area contributed by atoms with Gasteiger partial charge in [0, 0.05) is 24.4 Å². The molecule has 1 aromatic carbocycles. The van der Waals surface area contributed by atoms with Gasteiger partial charge in [-0.1, -0.05) is 18.7 Å². The molecule has 92 valence electrons. The maximum Gasteiger partial charge on any atom is 0.161 e. The van der Waals surface area contributed by atoms with E-state index in [-0.39, 0.29) is 5.69 Å². The van der Waals surface area contributed by atoms with Gasteiger partial charge in [0.2, 0.25) is 0 Å². The summed E-state index contributed by atoms with van der Waals surface area (Å²) in [6.45, 7) is 2.67. The maximum absolute atomic E-state index is 13.3. The van der Waals surface area contributed by atoms with Crippen LogP contribution in [0.2, 0.25) is 0 Å². The van der Waals surface area contributed by atoms with E-state index in [0.29, 0.717) is 29.8 Å². The number of nitrogens with one attached hydrogen (secondary N) is 1. The Morgan fingerprint density at radius 1 is 1.29 bits per heavy atom. The molecule has 0 aliphatic carbocycles. The highest BCUT2D eigenvalue weighted by Crippen LogP contribution is 2.24. The molecule has 2 nitrogen and oxygen atoms in total.